The second-order valence-corrected chi connectivity index (χ2v) is 11.9. The van der Waals surface area contributed by atoms with Crippen molar-refractivity contribution in [2.45, 2.75) is 57.7 Å². The van der Waals surface area contributed by atoms with Gasteiger partial charge in [-0.1, -0.05) is 55.1 Å². The Kier molecular flexibility index (Phi) is 9.97. The number of benzene rings is 2. The van der Waals surface area contributed by atoms with Crippen molar-refractivity contribution in [3.8, 4) is 0 Å². The first-order valence-electron chi connectivity index (χ1n) is 12.2. The number of halogens is 2. The Morgan fingerprint density at radius 2 is 1.74 bits per heavy atom. The zero-order chi connectivity index (χ0) is 28.0. The van der Waals surface area contributed by atoms with Crippen molar-refractivity contribution in [3.63, 3.8) is 0 Å². The van der Waals surface area contributed by atoms with E-state index < -0.39 is 33.4 Å². The van der Waals surface area contributed by atoms with Gasteiger partial charge in [-0.2, -0.15) is 0 Å². The fourth-order valence-electron chi connectivity index (χ4n) is 4.52. The Bertz CT molecular complexity index is 1280. The fourth-order valence-corrected chi connectivity index (χ4v) is 5.87. The van der Waals surface area contributed by atoms with Gasteiger partial charge in [0.1, 0.15) is 12.6 Å². The maximum absolute atomic E-state index is 13.8. The van der Waals surface area contributed by atoms with Gasteiger partial charge in [-0.3, -0.25) is 24.0 Å². The van der Waals surface area contributed by atoms with Crippen LogP contribution in [0.1, 0.15) is 44.6 Å². The highest BCUT2D eigenvalue weighted by Gasteiger charge is 2.34. The average molecular weight is 586 g/mol. The van der Waals surface area contributed by atoms with Gasteiger partial charge in [-0.05, 0) is 37.5 Å². The number of nitrogens with zero attached hydrogens (tertiary/aromatic N) is 3. The number of rotatable bonds is 11. The third kappa shape index (κ3) is 7.36. The van der Waals surface area contributed by atoms with E-state index in [1.54, 1.807) is 25.1 Å². The fraction of sp³-hybridized carbons (Fsp3) is 0.440. The van der Waals surface area contributed by atoms with Crippen molar-refractivity contribution >= 4 is 56.4 Å². The summed E-state index contributed by atoms with van der Waals surface area (Å²) in [5.41, 5.74) is 0.0393. The maximum Gasteiger partial charge on any atom is 0.271 e. The molecule has 0 aromatic heterocycles. The molecule has 206 valence electrons. The number of nitrogens with one attached hydrogen (secondary N) is 1. The van der Waals surface area contributed by atoms with Gasteiger partial charge in [0.15, 0.2) is 0 Å². The van der Waals surface area contributed by atoms with Crippen molar-refractivity contribution in [1.29, 1.82) is 0 Å². The highest BCUT2D eigenvalue weighted by Crippen LogP contribution is 2.28. The topological polar surface area (TPSA) is 130 Å². The molecular weight excluding hydrogens is 555 g/mol. The van der Waals surface area contributed by atoms with Gasteiger partial charge < -0.3 is 10.2 Å². The van der Waals surface area contributed by atoms with Crippen molar-refractivity contribution in [1.82, 2.24) is 10.2 Å². The van der Waals surface area contributed by atoms with Gasteiger partial charge in [0.05, 0.1) is 16.9 Å². The second kappa shape index (κ2) is 12.8. The lowest BCUT2D eigenvalue weighted by Crippen LogP contribution is -2.53. The van der Waals surface area contributed by atoms with Crippen molar-refractivity contribution in [3.05, 3.63) is 68.2 Å². The van der Waals surface area contributed by atoms with E-state index in [2.05, 4.69) is 5.32 Å². The van der Waals surface area contributed by atoms with E-state index in [1.807, 2.05) is 0 Å². The molecular formula is C25H30Cl2N4O6S. The van der Waals surface area contributed by atoms with Crippen molar-refractivity contribution in [2.24, 2.45) is 0 Å². The zero-order valence-electron chi connectivity index (χ0n) is 21.1. The summed E-state index contributed by atoms with van der Waals surface area (Å²) in [4.78, 5) is 39.0. The highest BCUT2D eigenvalue weighted by atomic mass is 35.5. The largest absolute Gasteiger partial charge is 0.352 e. The van der Waals surface area contributed by atoms with Crippen LogP contribution in [0, 0.1) is 10.1 Å². The SMILES string of the molecule is CC[C@H](C(=O)NC1CCCC1)N(Cc1c(Cl)cccc1Cl)C(=O)CN(c1cccc([N+](=O)[O-])c1)S(C)(=O)=O. The number of anilines is 1. The number of hydrogen-bond acceptors (Lipinski definition) is 6. The summed E-state index contributed by atoms with van der Waals surface area (Å²) >= 11 is 12.7. The Balaban J connectivity index is 1.99. The Labute approximate surface area is 232 Å². The number of carbonyl (C=O) groups is 2. The first-order valence-corrected chi connectivity index (χ1v) is 14.8. The van der Waals surface area contributed by atoms with Crippen LogP contribution in [-0.4, -0.2) is 54.9 Å². The molecule has 13 heteroatoms. The molecule has 1 aliphatic carbocycles. The molecule has 2 aromatic carbocycles. The monoisotopic (exact) mass is 584 g/mol. The second-order valence-electron chi connectivity index (χ2n) is 9.18. The number of non-ortho nitro benzene ring substituents is 1. The zero-order valence-corrected chi connectivity index (χ0v) is 23.4. The van der Waals surface area contributed by atoms with Gasteiger partial charge in [-0.15, -0.1) is 0 Å². The van der Waals surface area contributed by atoms with Gasteiger partial charge >= 0.3 is 0 Å². The van der Waals surface area contributed by atoms with E-state index >= 15 is 0 Å². The normalized spacial score (nSPS) is 14.6. The average Bonchev–Trinajstić information content (AvgIpc) is 3.36. The smallest absolute Gasteiger partial charge is 0.271 e. The first-order chi connectivity index (χ1) is 17.9. The van der Waals surface area contributed by atoms with E-state index in [4.69, 9.17) is 23.2 Å². The van der Waals surface area contributed by atoms with Crippen molar-refractivity contribution < 1.29 is 22.9 Å². The number of nitro benzene ring substituents is 1. The summed E-state index contributed by atoms with van der Waals surface area (Å²) in [6, 6.07) is 8.94. The molecule has 3 rings (SSSR count). The number of sulfonamides is 1. The molecule has 0 bridgehead atoms. The molecule has 2 aromatic rings. The molecule has 0 unspecified atom stereocenters. The summed E-state index contributed by atoms with van der Waals surface area (Å²) < 4.78 is 26.2. The van der Waals surface area contributed by atoms with Crippen LogP contribution in [0.25, 0.3) is 0 Å². The van der Waals surface area contributed by atoms with Crippen LogP contribution < -0.4 is 9.62 Å². The summed E-state index contributed by atoms with van der Waals surface area (Å²) in [6.45, 7) is 0.929. The minimum Gasteiger partial charge on any atom is -0.352 e. The Hall–Kier alpha value is -2.89. The molecule has 2 amide bonds. The molecule has 0 spiro atoms. The maximum atomic E-state index is 13.8. The number of carbonyl (C=O) groups excluding carboxylic acids is 2. The molecule has 38 heavy (non-hydrogen) atoms. The summed E-state index contributed by atoms with van der Waals surface area (Å²) in [6.07, 6.45) is 4.86. The number of nitro groups is 1. The summed E-state index contributed by atoms with van der Waals surface area (Å²) in [7, 11) is -4.04. The Morgan fingerprint density at radius 3 is 2.29 bits per heavy atom. The van der Waals surface area contributed by atoms with Crippen LogP contribution in [0.3, 0.4) is 0 Å². The third-order valence-electron chi connectivity index (χ3n) is 6.49. The molecule has 1 fully saturated rings. The molecule has 1 atom stereocenters. The van der Waals surface area contributed by atoms with Crippen LogP contribution in [0.5, 0.6) is 0 Å². The van der Waals surface area contributed by atoms with Crippen LogP contribution in [0.2, 0.25) is 10.0 Å². The van der Waals surface area contributed by atoms with E-state index in [1.165, 1.54) is 23.1 Å². The van der Waals surface area contributed by atoms with Gasteiger partial charge in [0, 0.05) is 40.3 Å². The standard InChI is InChI=1S/C25H30Cl2N4O6S/c1-3-23(25(33)28-17-8-4-5-9-17)29(15-20-21(26)12-7-13-22(20)27)24(32)16-30(38(2,36)37)18-10-6-11-19(14-18)31(34)35/h6-7,10-14,17,23H,3-5,8-9,15-16H2,1-2H3,(H,28,33)/t23-/m1/s1. The van der Waals surface area contributed by atoms with Gasteiger partial charge in [0.2, 0.25) is 21.8 Å². The van der Waals surface area contributed by atoms with Gasteiger partial charge in [-0.25, -0.2) is 8.42 Å². The molecule has 0 radical (unpaired) electrons. The molecule has 0 saturated heterocycles. The molecule has 0 heterocycles. The van der Waals surface area contributed by atoms with Gasteiger partial charge in [0.25, 0.3) is 5.69 Å². The molecule has 1 aliphatic rings. The van der Waals surface area contributed by atoms with E-state index in [0.29, 0.717) is 15.6 Å². The van der Waals surface area contributed by atoms with E-state index in [9.17, 15) is 28.1 Å². The highest BCUT2D eigenvalue weighted by molar-refractivity contribution is 7.92. The third-order valence-corrected chi connectivity index (χ3v) is 8.33. The first kappa shape index (κ1) is 29.7. The van der Waals surface area contributed by atoms with E-state index in [0.717, 1.165) is 42.3 Å². The molecule has 1 N–H and O–H groups in total. The lowest BCUT2D eigenvalue weighted by Gasteiger charge is -2.33. The minimum atomic E-state index is -4.04. The lowest BCUT2D eigenvalue weighted by atomic mass is 10.1. The van der Waals surface area contributed by atoms with E-state index in [-0.39, 0.29) is 36.3 Å². The van der Waals surface area contributed by atoms with Crippen LogP contribution in [0.4, 0.5) is 11.4 Å². The van der Waals surface area contributed by atoms with Crippen LogP contribution in [-0.2, 0) is 26.2 Å². The Morgan fingerprint density at radius 1 is 1.13 bits per heavy atom. The summed E-state index contributed by atoms with van der Waals surface area (Å²) in [5, 5.41) is 14.9. The predicted molar refractivity (Wildman–Crippen MR) is 147 cm³/mol. The van der Waals surface area contributed by atoms with Crippen LogP contribution in [0.15, 0.2) is 42.5 Å². The number of amides is 2. The number of hydrogen-bond donors (Lipinski definition) is 1. The lowest BCUT2D eigenvalue weighted by molar-refractivity contribution is -0.384. The summed E-state index contributed by atoms with van der Waals surface area (Å²) in [5.74, 6) is -1.04. The predicted octanol–water partition coefficient (Wildman–Crippen LogP) is 4.53. The van der Waals surface area contributed by atoms with Crippen molar-refractivity contribution in [2.75, 3.05) is 17.1 Å². The minimum absolute atomic E-state index is 0.00906. The molecule has 0 aliphatic heterocycles. The van der Waals surface area contributed by atoms with Crippen LogP contribution >= 0.6 is 23.2 Å². The molecule has 10 nitrogen and oxygen atoms in total. The quantitative estimate of drug-likeness (QED) is 0.305. The molecule has 1 saturated carbocycles.